The van der Waals surface area contributed by atoms with Gasteiger partial charge in [0, 0.05) is 23.9 Å². The van der Waals surface area contributed by atoms with Crippen molar-refractivity contribution in [3.63, 3.8) is 0 Å². The van der Waals surface area contributed by atoms with Crippen LogP contribution in [0.3, 0.4) is 0 Å². The lowest BCUT2D eigenvalue weighted by Crippen LogP contribution is -2.24. The highest BCUT2D eigenvalue weighted by Gasteiger charge is 2.12. The molecule has 3 rings (SSSR count). The average molecular weight is 285 g/mol. The Morgan fingerprint density at radius 1 is 1.35 bits per heavy atom. The molecular weight excluding hydrogens is 270 g/mol. The molecule has 4 nitrogen and oxygen atoms in total. The van der Waals surface area contributed by atoms with Crippen LogP contribution in [0.1, 0.15) is 24.4 Å². The number of fused-ring (bicyclic) bond motifs is 1. The van der Waals surface area contributed by atoms with Crippen LogP contribution in [-0.2, 0) is 6.42 Å². The molecule has 0 fully saturated rings. The molecule has 5 heteroatoms. The minimum Gasteiger partial charge on any atom is -0.295 e. The first-order valence-corrected chi connectivity index (χ1v) is 7.40. The topological polar surface area (TPSA) is 47.8 Å². The molecule has 102 valence electrons. The van der Waals surface area contributed by atoms with Crippen LogP contribution in [-0.4, -0.2) is 14.5 Å². The standard InChI is InChI=1S/C15H15N3OS/c1-10-4-3-5-12(17-10)8-11(2)18-9-16-14-13(15(18)19)6-7-20-14/h3-7,9,11H,8H2,1-2H3/t11-/m1/s1. The zero-order valence-corrected chi connectivity index (χ0v) is 12.2. The summed E-state index contributed by atoms with van der Waals surface area (Å²) in [5.41, 5.74) is 2.01. The van der Waals surface area contributed by atoms with Crippen molar-refractivity contribution in [3.8, 4) is 0 Å². The van der Waals surface area contributed by atoms with Gasteiger partial charge in [-0.1, -0.05) is 6.07 Å². The molecule has 0 aliphatic carbocycles. The molecule has 0 saturated heterocycles. The van der Waals surface area contributed by atoms with E-state index in [1.54, 1.807) is 10.9 Å². The van der Waals surface area contributed by atoms with Crippen molar-refractivity contribution < 1.29 is 0 Å². The molecule has 0 aliphatic heterocycles. The summed E-state index contributed by atoms with van der Waals surface area (Å²) in [5, 5.41) is 2.59. The minimum atomic E-state index is 0.0244. The Morgan fingerprint density at radius 2 is 2.20 bits per heavy atom. The highest BCUT2D eigenvalue weighted by Crippen LogP contribution is 2.16. The summed E-state index contributed by atoms with van der Waals surface area (Å²) < 4.78 is 1.69. The van der Waals surface area contributed by atoms with Crippen molar-refractivity contribution in [1.29, 1.82) is 0 Å². The molecular formula is C15H15N3OS. The number of rotatable bonds is 3. The maximum atomic E-state index is 12.4. The zero-order chi connectivity index (χ0) is 14.1. The van der Waals surface area contributed by atoms with E-state index < -0.39 is 0 Å². The molecule has 3 aromatic rings. The number of aromatic nitrogens is 3. The zero-order valence-electron chi connectivity index (χ0n) is 11.4. The van der Waals surface area contributed by atoms with E-state index in [1.165, 1.54) is 11.3 Å². The Kier molecular flexibility index (Phi) is 3.36. The van der Waals surface area contributed by atoms with Crippen molar-refractivity contribution in [2.45, 2.75) is 26.3 Å². The van der Waals surface area contributed by atoms with E-state index in [0.717, 1.165) is 22.6 Å². The van der Waals surface area contributed by atoms with Gasteiger partial charge in [0.1, 0.15) is 4.83 Å². The maximum absolute atomic E-state index is 12.4. The Labute approximate surface area is 120 Å². The van der Waals surface area contributed by atoms with Gasteiger partial charge in [0.25, 0.3) is 5.56 Å². The second-order valence-corrected chi connectivity index (χ2v) is 5.81. The fourth-order valence-electron chi connectivity index (χ4n) is 2.30. The summed E-state index contributed by atoms with van der Waals surface area (Å²) in [4.78, 5) is 22.0. The van der Waals surface area contributed by atoms with Crippen LogP contribution in [0.2, 0.25) is 0 Å². The fourth-order valence-corrected chi connectivity index (χ4v) is 3.02. The second kappa shape index (κ2) is 5.17. The lowest BCUT2D eigenvalue weighted by atomic mass is 10.1. The summed E-state index contributed by atoms with van der Waals surface area (Å²) in [5.74, 6) is 0. The number of thiophene rings is 1. The molecule has 3 aromatic heterocycles. The molecule has 3 heterocycles. The third kappa shape index (κ3) is 2.36. The van der Waals surface area contributed by atoms with Crippen LogP contribution in [0.25, 0.3) is 10.2 Å². The highest BCUT2D eigenvalue weighted by molar-refractivity contribution is 7.16. The van der Waals surface area contributed by atoms with E-state index in [4.69, 9.17) is 0 Å². The van der Waals surface area contributed by atoms with Crippen LogP contribution in [0.5, 0.6) is 0 Å². The van der Waals surface area contributed by atoms with E-state index in [-0.39, 0.29) is 11.6 Å². The molecule has 0 aromatic carbocycles. The fraction of sp³-hybridized carbons (Fsp3) is 0.267. The van der Waals surface area contributed by atoms with E-state index in [2.05, 4.69) is 9.97 Å². The molecule has 0 aliphatic rings. The molecule has 0 bridgehead atoms. The van der Waals surface area contributed by atoms with Crippen molar-refractivity contribution >= 4 is 21.6 Å². The van der Waals surface area contributed by atoms with Gasteiger partial charge in [0.15, 0.2) is 0 Å². The molecule has 0 spiro atoms. The summed E-state index contributed by atoms with van der Waals surface area (Å²) >= 11 is 1.49. The van der Waals surface area contributed by atoms with Gasteiger partial charge >= 0.3 is 0 Å². The Bertz CT molecular complexity index is 806. The average Bonchev–Trinajstić information content (AvgIpc) is 2.88. The predicted molar refractivity (Wildman–Crippen MR) is 81.3 cm³/mol. The largest absolute Gasteiger partial charge is 0.295 e. The van der Waals surface area contributed by atoms with Gasteiger partial charge in [0.05, 0.1) is 11.7 Å². The van der Waals surface area contributed by atoms with E-state index in [0.29, 0.717) is 5.39 Å². The van der Waals surface area contributed by atoms with Crippen molar-refractivity contribution in [3.05, 3.63) is 57.7 Å². The van der Waals surface area contributed by atoms with Gasteiger partial charge in [-0.25, -0.2) is 4.98 Å². The number of aryl methyl sites for hydroxylation is 1. The van der Waals surface area contributed by atoms with Gasteiger partial charge in [-0.05, 0) is 37.4 Å². The lowest BCUT2D eigenvalue weighted by molar-refractivity contribution is 0.517. The van der Waals surface area contributed by atoms with Crippen LogP contribution >= 0.6 is 11.3 Å². The number of hydrogen-bond acceptors (Lipinski definition) is 4. The van der Waals surface area contributed by atoms with Gasteiger partial charge in [-0.15, -0.1) is 11.3 Å². The quantitative estimate of drug-likeness (QED) is 0.743. The van der Waals surface area contributed by atoms with E-state index in [1.807, 2.05) is 43.5 Å². The third-order valence-corrected chi connectivity index (χ3v) is 4.16. The van der Waals surface area contributed by atoms with Crippen LogP contribution < -0.4 is 5.56 Å². The third-order valence-electron chi connectivity index (χ3n) is 3.33. The number of hydrogen-bond donors (Lipinski definition) is 0. The van der Waals surface area contributed by atoms with Crippen LogP contribution in [0, 0.1) is 6.92 Å². The summed E-state index contributed by atoms with van der Waals surface area (Å²) in [6.45, 7) is 3.99. The summed E-state index contributed by atoms with van der Waals surface area (Å²) in [7, 11) is 0. The molecule has 0 amide bonds. The maximum Gasteiger partial charge on any atom is 0.262 e. The van der Waals surface area contributed by atoms with Crippen LogP contribution in [0.15, 0.2) is 40.8 Å². The lowest BCUT2D eigenvalue weighted by Gasteiger charge is -2.14. The molecule has 0 radical (unpaired) electrons. The van der Waals surface area contributed by atoms with Gasteiger partial charge in [0.2, 0.25) is 0 Å². The molecule has 20 heavy (non-hydrogen) atoms. The first kappa shape index (κ1) is 13.0. The number of nitrogens with zero attached hydrogens (tertiary/aromatic N) is 3. The predicted octanol–water partition coefficient (Wildman–Crippen LogP) is 2.97. The normalized spacial score (nSPS) is 12.7. The Morgan fingerprint density at radius 3 is 3.00 bits per heavy atom. The molecule has 0 N–H and O–H groups in total. The Balaban J connectivity index is 1.94. The minimum absolute atomic E-state index is 0.0244. The first-order chi connectivity index (χ1) is 9.65. The van der Waals surface area contributed by atoms with E-state index >= 15 is 0 Å². The van der Waals surface area contributed by atoms with Crippen LogP contribution in [0.4, 0.5) is 0 Å². The van der Waals surface area contributed by atoms with Crippen molar-refractivity contribution in [2.75, 3.05) is 0 Å². The SMILES string of the molecule is Cc1cccc(C[C@@H](C)n2cnc3sccc3c2=O)n1. The van der Waals surface area contributed by atoms with Gasteiger partial charge in [-0.2, -0.15) is 0 Å². The molecule has 0 unspecified atom stereocenters. The molecule has 1 atom stereocenters. The Hall–Kier alpha value is -2.01. The summed E-state index contributed by atoms with van der Waals surface area (Å²) in [6.07, 6.45) is 2.36. The van der Waals surface area contributed by atoms with E-state index in [9.17, 15) is 4.79 Å². The van der Waals surface area contributed by atoms with Crippen molar-refractivity contribution in [2.24, 2.45) is 0 Å². The summed E-state index contributed by atoms with van der Waals surface area (Å²) in [6, 6.07) is 7.83. The smallest absolute Gasteiger partial charge is 0.262 e. The second-order valence-electron chi connectivity index (χ2n) is 4.92. The van der Waals surface area contributed by atoms with Gasteiger partial charge < -0.3 is 0 Å². The first-order valence-electron chi connectivity index (χ1n) is 6.52. The monoisotopic (exact) mass is 285 g/mol. The van der Waals surface area contributed by atoms with Crippen molar-refractivity contribution in [1.82, 2.24) is 14.5 Å². The number of pyridine rings is 1. The van der Waals surface area contributed by atoms with Gasteiger partial charge in [-0.3, -0.25) is 14.3 Å². The highest BCUT2D eigenvalue weighted by atomic mass is 32.1. The molecule has 0 saturated carbocycles.